The van der Waals surface area contributed by atoms with Gasteiger partial charge < -0.3 is 14.9 Å². The van der Waals surface area contributed by atoms with Gasteiger partial charge in [-0.05, 0) is 70.6 Å². The Morgan fingerprint density at radius 2 is 2.00 bits per heavy atom. The Morgan fingerprint density at radius 3 is 2.75 bits per heavy atom. The van der Waals surface area contributed by atoms with Gasteiger partial charge in [0.25, 0.3) is 0 Å². The molecule has 0 radical (unpaired) electrons. The highest BCUT2D eigenvalue weighted by Gasteiger charge is 2.45. The maximum absolute atomic E-state index is 10.7. The molecule has 1 aromatic rings. The second kappa shape index (κ2) is 6.79. The third kappa shape index (κ3) is 3.32. The summed E-state index contributed by atoms with van der Waals surface area (Å²) in [6, 6.07) is 4.03. The average molecular weight is 330 g/mol. The number of rotatable bonds is 5. The van der Waals surface area contributed by atoms with Gasteiger partial charge in [0.15, 0.2) is 0 Å². The van der Waals surface area contributed by atoms with Gasteiger partial charge in [0.2, 0.25) is 0 Å². The van der Waals surface area contributed by atoms with Crippen molar-refractivity contribution >= 4 is 0 Å². The van der Waals surface area contributed by atoms with Gasteiger partial charge >= 0.3 is 0 Å². The normalized spacial score (nSPS) is 24.6. The zero-order valence-corrected chi connectivity index (χ0v) is 15.1. The molecule has 1 aliphatic carbocycles. The molecule has 2 atom stereocenters. The molecule has 2 N–H and O–H groups in total. The Bertz CT molecular complexity index is 630. The molecule has 2 aliphatic rings. The Balaban J connectivity index is 1.91. The van der Waals surface area contributed by atoms with Gasteiger partial charge in [0.1, 0.15) is 17.1 Å². The minimum atomic E-state index is -0.211. The van der Waals surface area contributed by atoms with Crippen molar-refractivity contribution in [2.75, 3.05) is 6.61 Å². The molecule has 1 unspecified atom stereocenters. The first kappa shape index (κ1) is 17.3. The average Bonchev–Trinajstić information content (AvgIpc) is 2.50. The van der Waals surface area contributed by atoms with Gasteiger partial charge in [-0.2, -0.15) is 0 Å². The van der Waals surface area contributed by atoms with E-state index >= 15 is 0 Å². The molecule has 24 heavy (non-hydrogen) atoms. The lowest BCUT2D eigenvalue weighted by atomic mass is 9.68. The Hall–Kier alpha value is -1.48. The van der Waals surface area contributed by atoms with Crippen LogP contribution >= 0.6 is 0 Å². The van der Waals surface area contributed by atoms with E-state index in [9.17, 15) is 5.11 Å². The quantitative estimate of drug-likeness (QED) is 0.607. The number of fused-ring (bicyclic) bond motifs is 3. The second-order valence-electron chi connectivity index (χ2n) is 7.95. The molecular formula is C21H30O3. The van der Waals surface area contributed by atoms with Gasteiger partial charge in [0, 0.05) is 24.0 Å². The smallest absolute Gasteiger partial charge is 0.127 e. The zero-order valence-electron chi connectivity index (χ0n) is 15.1. The molecule has 1 aliphatic heterocycles. The van der Waals surface area contributed by atoms with E-state index in [0.29, 0.717) is 11.7 Å². The lowest BCUT2D eigenvalue weighted by Crippen LogP contribution is -2.45. The number of hydrogen-bond donors (Lipinski definition) is 2. The molecule has 3 nitrogen and oxygen atoms in total. The number of hydrogen-bond acceptors (Lipinski definition) is 3. The number of aromatic hydroxyl groups is 1. The Morgan fingerprint density at radius 1 is 1.21 bits per heavy atom. The fourth-order valence-electron chi connectivity index (χ4n) is 4.34. The summed E-state index contributed by atoms with van der Waals surface area (Å²) in [6.45, 7) is 6.78. The second-order valence-corrected chi connectivity index (χ2v) is 7.95. The van der Waals surface area contributed by atoms with Crippen LogP contribution in [0.1, 0.15) is 69.9 Å². The molecule has 0 saturated carbocycles. The summed E-state index contributed by atoms with van der Waals surface area (Å²) in [5.41, 5.74) is 3.29. The number of aliphatic hydroxyl groups excluding tert-OH is 1. The number of phenolic OH excluding ortho intramolecular Hbond substituents is 1. The highest BCUT2D eigenvalue weighted by molar-refractivity contribution is 5.53. The SMILES string of the molecule is CC1=CC2c3c(O)cc(CCCCCO)cc3OC(C)(C)[C@@H]2CC1. The summed E-state index contributed by atoms with van der Waals surface area (Å²) >= 11 is 0. The molecule has 1 heterocycles. The zero-order chi connectivity index (χ0) is 17.3. The predicted molar refractivity (Wildman–Crippen MR) is 96.7 cm³/mol. The maximum Gasteiger partial charge on any atom is 0.127 e. The van der Waals surface area contributed by atoms with Gasteiger partial charge in [-0.25, -0.2) is 0 Å². The van der Waals surface area contributed by atoms with Crippen LogP contribution < -0.4 is 4.74 Å². The van der Waals surface area contributed by atoms with E-state index < -0.39 is 0 Å². The summed E-state index contributed by atoms with van der Waals surface area (Å²) in [7, 11) is 0. The summed E-state index contributed by atoms with van der Waals surface area (Å²) in [4.78, 5) is 0. The van der Waals surface area contributed by atoms with Crippen LogP contribution in [0, 0.1) is 5.92 Å². The van der Waals surface area contributed by atoms with Crippen molar-refractivity contribution in [3.8, 4) is 11.5 Å². The lowest BCUT2D eigenvalue weighted by Gasteiger charge is -2.46. The van der Waals surface area contributed by atoms with E-state index in [4.69, 9.17) is 9.84 Å². The standard InChI is InChI=1S/C21H30O3/c1-14-8-9-17-16(11-14)20-18(23)12-15(7-5-4-6-10-22)13-19(20)24-21(17,2)3/h11-13,16-17,22-23H,4-10H2,1-3H3/t16?,17-/m1/s1. The fourth-order valence-corrected chi connectivity index (χ4v) is 4.34. The van der Waals surface area contributed by atoms with Crippen LogP contribution in [0.3, 0.4) is 0 Å². The van der Waals surface area contributed by atoms with Crippen LogP contribution in [0.5, 0.6) is 11.5 Å². The van der Waals surface area contributed by atoms with Crippen molar-refractivity contribution < 1.29 is 14.9 Å². The molecule has 0 spiro atoms. The molecule has 132 valence electrons. The molecule has 0 saturated heterocycles. The van der Waals surface area contributed by atoms with Crippen LogP contribution in [0.25, 0.3) is 0 Å². The van der Waals surface area contributed by atoms with Gasteiger partial charge in [-0.15, -0.1) is 0 Å². The molecular weight excluding hydrogens is 300 g/mol. The number of benzene rings is 1. The molecule has 3 rings (SSSR count). The minimum absolute atomic E-state index is 0.211. The highest BCUT2D eigenvalue weighted by atomic mass is 16.5. The molecule has 3 heteroatoms. The molecule has 0 aromatic heterocycles. The summed E-state index contributed by atoms with van der Waals surface area (Å²) in [6.07, 6.45) is 8.34. The largest absolute Gasteiger partial charge is 0.507 e. The van der Waals surface area contributed by atoms with Gasteiger partial charge in [-0.3, -0.25) is 0 Å². The molecule has 0 fully saturated rings. The van der Waals surface area contributed by atoms with E-state index in [1.165, 1.54) is 5.57 Å². The van der Waals surface area contributed by atoms with Crippen LogP contribution in [-0.4, -0.2) is 22.4 Å². The van der Waals surface area contributed by atoms with Crippen molar-refractivity contribution in [2.24, 2.45) is 5.92 Å². The minimum Gasteiger partial charge on any atom is -0.507 e. The van der Waals surface area contributed by atoms with Crippen LogP contribution in [-0.2, 0) is 6.42 Å². The third-order valence-electron chi connectivity index (χ3n) is 5.65. The summed E-state index contributed by atoms with van der Waals surface area (Å²) in [5.74, 6) is 1.89. The van der Waals surface area contributed by atoms with E-state index in [-0.39, 0.29) is 18.1 Å². The van der Waals surface area contributed by atoms with E-state index in [1.54, 1.807) is 0 Å². The molecule has 0 bridgehead atoms. The first-order valence-electron chi connectivity index (χ1n) is 9.25. The lowest BCUT2D eigenvalue weighted by molar-refractivity contribution is 0.0107. The van der Waals surface area contributed by atoms with Gasteiger partial charge in [0.05, 0.1) is 0 Å². The van der Waals surface area contributed by atoms with Crippen molar-refractivity contribution in [1.82, 2.24) is 0 Å². The molecule has 0 amide bonds. The summed E-state index contributed by atoms with van der Waals surface area (Å²) in [5, 5.41) is 19.6. The third-order valence-corrected chi connectivity index (χ3v) is 5.65. The number of allylic oxidation sites excluding steroid dienone is 2. The summed E-state index contributed by atoms with van der Waals surface area (Å²) < 4.78 is 6.34. The number of unbranched alkanes of at least 4 members (excludes halogenated alkanes) is 2. The predicted octanol–water partition coefficient (Wildman–Crippen LogP) is 4.71. The van der Waals surface area contributed by atoms with E-state index in [0.717, 1.165) is 55.4 Å². The van der Waals surface area contributed by atoms with Crippen molar-refractivity contribution in [3.05, 3.63) is 34.9 Å². The highest BCUT2D eigenvalue weighted by Crippen LogP contribution is 2.53. The van der Waals surface area contributed by atoms with Crippen LogP contribution in [0.2, 0.25) is 0 Å². The molecule has 1 aromatic carbocycles. The Kier molecular flexibility index (Phi) is 4.91. The van der Waals surface area contributed by atoms with Crippen molar-refractivity contribution in [2.45, 2.75) is 70.8 Å². The van der Waals surface area contributed by atoms with E-state index in [1.807, 2.05) is 6.07 Å². The van der Waals surface area contributed by atoms with Crippen LogP contribution in [0.15, 0.2) is 23.8 Å². The Labute approximate surface area is 145 Å². The van der Waals surface area contributed by atoms with Gasteiger partial charge in [-0.1, -0.05) is 18.1 Å². The topological polar surface area (TPSA) is 49.7 Å². The van der Waals surface area contributed by atoms with Crippen LogP contribution in [0.4, 0.5) is 0 Å². The number of aliphatic hydroxyl groups is 1. The first-order valence-corrected chi connectivity index (χ1v) is 9.25. The van der Waals surface area contributed by atoms with Crippen molar-refractivity contribution in [1.29, 1.82) is 0 Å². The van der Waals surface area contributed by atoms with E-state index in [2.05, 4.69) is 32.9 Å². The number of ether oxygens (including phenoxy) is 1. The first-order chi connectivity index (χ1) is 11.4. The van der Waals surface area contributed by atoms with Crippen molar-refractivity contribution in [3.63, 3.8) is 0 Å². The number of aryl methyl sites for hydroxylation is 1. The maximum atomic E-state index is 10.7. The fraction of sp³-hybridized carbons (Fsp3) is 0.619. The monoisotopic (exact) mass is 330 g/mol. The number of phenols is 1.